The first kappa shape index (κ1) is 32.5. The van der Waals surface area contributed by atoms with Crippen LogP contribution in [0.5, 0.6) is 0 Å². The molecule has 0 fully saturated rings. The average molecular weight is 612 g/mol. The van der Waals surface area contributed by atoms with E-state index in [1.807, 2.05) is 101 Å². The summed E-state index contributed by atoms with van der Waals surface area (Å²) in [6.45, 7) is 9.18. The normalized spacial score (nSPS) is 12.0. The molecule has 0 saturated carbocycles. The number of anilines is 1. The van der Waals surface area contributed by atoms with Crippen molar-refractivity contribution >= 4 is 27.5 Å². The number of benzene rings is 4. The number of carbonyl (C=O) groups is 2. The van der Waals surface area contributed by atoms with Crippen LogP contribution in [0.3, 0.4) is 0 Å². The van der Waals surface area contributed by atoms with Crippen molar-refractivity contribution in [2.24, 2.45) is 0 Å². The number of aryl methyl sites for hydroxylation is 3. The Balaban J connectivity index is 1.79. The van der Waals surface area contributed by atoms with Crippen LogP contribution in [0.4, 0.5) is 5.69 Å². The van der Waals surface area contributed by atoms with Crippen LogP contribution in [-0.2, 0) is 32.6 Å². The molecular weight excluding hydrogens is 570 g/mol. The standard InChI is InChI=1S/C36H41N3O4S/c1-26(2)37-36(41)34(23-30-9-7-6-8-10-30)38(24-31-17-11-27(3)12-18-31)35(40)25-39(32-19-13-28(4)14-20-32)44(42,43)33-21-15-29(5)16-22-33/h6-22,26,34H,23-25H2,1-5H3,(H,37,41). The van der Waals surface area contributed by atoms with Crippen LogP contribution < -0.4 is 9.62 Å². The molecule has 2 amide bonds. The fourth-order valence-corrected chi connectivity index (χ4v) is 6.32. The molecule has 0 spiro atoms. The van der Waals surface area contributed by atoms with E-state index < -0.39 is 28.5 Å². The molecule has 0 heterocycles. The first-order valence-corrected chi connectivity index (χ1v) is 16.2. The maximum atomic E-state index is 14.5. The van der Waals surface area contributed by atoms with Crippen molar-refractivity contribution in [1.29, 1.82) is 0 Å². The van der Waals surface area contributed by atoms with Crippen molar-refractivity contribution in [3.63, 3.8) is 0 Å². The average Bonchev–Trinajstić information content (AvgIpc) is 2.99. The van der Waals surface area contributed by atoms with Crippen molar-refractivity contribution in [2.75, 3.05) is 10.8 Å². The monoisotopic (exact) mass is 611 g/mol. The number of rotatable bonds is 12. The van der Waals surface area contributed by atoms with E-state index in [2.05, 4.69) is 5.32 Å². The number of nitrogens with zero attached hydrogens (tertiary/aromatic N) is 2. The Hall–Kier alpha value is -4.43. The predicted molar refractivity (Wildman–Crippen MR) is 176 cm³/mol. The summed E-state index contributed by atoms with van der Waals surface area (Å²) in [5.41, 5.74) is 5.04. The smallest absolute Gasteiger partial charge is 0.264 e. The van der Waals surface area contributed by atoms with Crippen molar-refractivity contribution in [3.05, 3.63) is 131 Å². The third kappa shape index (κ3) is 8.35. The molecule has 44 heavy (non-hydrogen) atoms. The van der Waals surface area contributed by atoms with Gasteiger partial charge >= 0.3 is 0 Å². The SMILES string of the molecule is Cc1ccc(CN(C(=O)CN(c2ccc(C)cc2)S(=O)(=O)c2ccc(C)cc2)C(Cc2ccccc2)C(=O)NC(C)C)cc1. The Labute approximate surface area is 261 Å². The van der Waals surface area contributed by atoms with Gasteiger partial charge < -0.3 is 10.2 Å². The summed E-state index contributed by atoms with van der Waals surface area (Å²) in [7, 11) is -4.13. The molecule has 0 saturated heterocycles. The number of carbonyl (C=O) groups excluding carboxylic acids is 2. The van der Waals surface area contributed by atoms with Gasteiger partial charge in [-0.1, -0.05) is 95.6 Å². The minimum absolute atomic E-state index is 0.0833. The highest BCUT2D eigenvalue weighted by molar-refractivity contribution is 7.92. The zero-order valence-electron chi connectivity index (χ0n) is 26.0. The predicted octanol–water partition coefficient (Wildman–Crippen LogP) is 5.97. The van der Waals surface area contributed by atoms with Gasteiger partial charge in [0, 0.05) is 19.0 Å². The fourth-order valence-electron chi connectivity index (χ4n) is 4.90. The Morgan fingerprint density at radius 2 is 1.23 bits per heavy atom. The van der Waals surface area contributed by atoms with Crippen LogP contribution in [0.25, 0.3) is 0 Å². The van der Waals surface area contributed by atoms with Gasteiger partial charge in [0.25, 0.3) is 10.0 Å². The second kappa shape index (κ2) is 14.4. The zero-order valence-corrected chi connectivity index (χ0v) is 26.8. The maximum Gasteiger partial charge on any atom is 0.264 e. The Morgan fingerprint density at radius 3 is 1.77 bits per heavy atom. The molecule has 1 N–H and O–H groups in total. The first-order valence-electron chi connectivity index (χ1n) is 14.8. The van der Waals surface area contributed by atoms with Gasteiger partial charge in [0.2, 0.25) is 11.8 Å². The van der Waals surface area contributed by atoms with Crippen LogP contribution in [0, 0.1) is 20.8 Å². The van der Waals surface area contributed by atoms with Gasteiger partial charge in [0.1, 0.15) is 12.6 Å². The van der Waals surface area contributed by atoms with E-state index in [-0.39, 0.29) is 29.8 Å². The lowest BCUT2D eigenvalue weighted by atomic mass is 10.0. The van der Waals surface area contributed by atoms with Crippen LogP contribution >= 0.6 is 0 Å². The molecule has 0 bridgehead atoms. The van der Waals surface area contributed by atoms with E-state index in [9.17, 15) is 18.0 Å². The molecule has 7 nitrogen and oxygen atoms in total. The highest BCUT2D eigenvalue weighted by Crippen LogP contribution is 2.26. The van der Waals surface area contributed by atoms with Crippen LogP contribution in [0.15, 0.2) is 108 Å². The lowest BCUT2D eigenvalue weighted by Crippen LogP contribution is -2.54. The van der Waals surface area contributed by atoms with Crippen molar-refractivity contribution in [1.82, 2.24) is 10.2 Å². The van der Waals surface area contributed by atoms with Gasteiger partial charge in [-0.25, -0.2) is 8.42 Å². The quantitative estimate of drug-likeness (QED) is 0.214. The van der Waals surface area contributed by atoms with Gasteiger partial charge in [-0.3, -0.25) is 13.9 Å². The number of hydrogen-bond donors (Lipinski definition) is 1. The van der Waals surface area contributed by atoms with E-state index in [1.54, 1.807) is 36.4 Å². The van der Waals surface area contributed by atoms with Gasteiger partial charge in [-0.05, 0) is 70.0 Å². The number of amides is 2. The molecule has 4 rings (SSSR count). The summed E-state index contributed by atoms with van der Waals surface area (Å²) in [4.78, 5) is 29.8. The molecule has 4 aromatic rings. The summed E-state index contributed by atoms with van der Waals surface area (Å²) >= 11 is 0. The highest BCUT2D eigenvalue weighted by Gasteiger charge is 2.34. The van der Waals surface area contributed by atoms with Crippen LogP contribution in [-0.4, -0.2) is 43.8 Å². The molecule has 0 aliphatic rings. The van der Waals surface area contributed by atoms with E-state index >= 15 is 0 Å². The molecule has 0 aliphatic carbocycles. The second-order valence-electron chi connectivity index (χ2n) is 11.5. The number of hydrogen-bond acceptors (Lipinski definition) is 4. The molecule has 4 aromatic carbocycles. The van der Waals surface area contributed by atoms with E-state index in [4.69, 9.17) is 0 Å². The Morgan fingerprint density at radius 1 is 0.705 bits per heavy atom. The van der Waals surface area contributed by atoms with Crippen LogP contribution in [0.1, 0.15) is 41.7 Å². The Bertz CT molecular complexity index is 1650. The number of sulfonamides is 1. The third-order valence-electron chi connectivity index (χ3n) is 7.39. The summed E-state index contributed by atoms with van der Waals surface area (Å²) in [5, 5.41) is 2.98. The lowest BCUT2D eigenvalue weighted by molar-refractivity contribution is -0.140. The zero-order chi connectivity index (χ0) is 31.9. The highest BCUT2D eigenvalue weighted by atomic mass is 32.2. The van der Waals surface area contributed by atoms with Crippen molar-refractivity contribution < 1.29 is 18.0 Å². The molecule has 0 aromatic heterocycles. The molecule has 230 valence electrons. The van der Waals surface area contributed by atoms with E-state index in [0.29, 0.717) is 5.69 Å². The van der Waals surface area contributed by atoms with E-state index in [1.165, 1.54) is 4.90 Å². The van der Waals surface area contributed by atoms with Crippen LogP contribution in [0.2, 0.25) is 0 Å². The lowest BCUT2D eigenvalue weighted by Gasteiger charge is -2.34. The summed E-state index contributed by atoms with van der Waals surface area (Å²) in [5.74, 6) is -0.783. The molecule has 8 heteroatoms. The Kier molecular flexibility index (Phi) is 10.6. The summed E-state index contributed by atoms with van der Waals surface area (Å²) in [6, 6.07) is 29.9. The van der Waals surface area contributed by atoms with Gasteiger partial charge in [-0.15, -0.1) is 0 Å². The minimum atomic E-state index is -4.13. The maximum absolute atomic E-state index is 14.5. The van der Waals surface area contributed by atoms with Gasteiger partial charge in [0.05, 0.1) is 10.6 Å². The second-order valence-corrected chi connectivity index (χ2v) is 13.4. The van der Waals surface area contributed by atoms with Gasteiger partial charge in [-0.2, -0.15) is 0 Å². The minimum Gasteiger partial charge on any atom is -0.352 e. The molecular formula is C36H41N3O4S. The topological polar surface area (TPSA) is 86.8 Å². The van der Waals surface area contributed by atoms with Crippen molar-refractivity contribution in [3.8, 4) is 0 Å². The third-order valence-corrected chi connectivity index (χ3v) is 9.17. The summed E-state index contributed by atoms with van der Waals surface area (Å²) < 4.78 is 29.3. The van der Waals surface area contributed by atoms with Crippen molar-refractivity contribution in [2.45, 2.75) is 64.6 Å². The fraction of sp³-hybridized carbons (Fsp3) is 0.278. The molecule has 0 aliphatic heterocycles. The first-order chi connectivity index (χ1) is 20.9. The van der Waals surface area contributed by atoms with Gasteiger partial charge in [0.15, 0.2) is 0 Å². The summed E-state index contributed by atoms with van der Waals surface area (Å²) in [6.07, 6.45) is 0.270. The largest absolute Gasteiger partial charge is 0.352 e. The molecule has 0 radical (unpaired) electrons. The number of nitrogens with one attached hydrogen (secondary N) is 1. The molecule has 1 unspecified atom stereocenters. The molecule has 1 atom stereocenters. The van der Waals surface area contributed by atoms with E-state index in [0.717, 1.165) is 32.1 Å².